The van der Waals surface area contributed by atoms with Crippen LogP contribution in [0.15, 0.2) is 46.7 Å². The molecule has 0 saturated carbocycles. The van der Waals surface area contributed by atoms with Crippen LogP contribution >= 0.6 is 22.9 Å². The maximum absolute atomic E-state index is 13.3. The first-order valence-electron chi connectivity index (χ1n) is 13.2. The summed E-state index contributed by atoms with van der Waals surface area (Å²) in [6, 6.07) is 8.92. The Labute approximate surface area is 245 Å². The van der Waals surface area contributed by atoms with E-state index in [1.54, 1.807) is 6.07 Å². The number of thiophene rings is 1. The highest BCUT2D eigenvalue weighted by Gasteiger charge is 2.39. The first kappa shape index (κ1) is 29.9. The van der Waals surface area contributed by atoms with Gasteiger partial charge in [0.15, 0.2) is 5.78 Å². The fourth-order valence-corrected chi connectivity index (χ4v) is 8.52. The third-order valence-corrected chi connectivity index (χ3v) is 11.1. The number of Topliss-reactive ketones (excluding diaryl/α,β-unsaturated/α-hetero) is 1. The number of ketones is 1. The van der Waals surface area contributed by atoms with Crippen molar-refractivity contribution in [3.05, 3.63) is 58.1 Å². The Morgan fingerprint density at radius 2 is 1.88 bits per heavy atom. The highest BCUT2D eigenvalue weighted by atomic mass is 35.5. The molecule has 1 N–H and O–H groups in total. The summed E-state index contributed by atoms with van der Waals surface area (Å²) in [5.74, 6) is 0.239. The molecule has 0 bridgehead atoms. The van der Waals surface area contributed by atoms with E-state index < -0.39 is 27.8 Å². The number of rotatable bonds is 9. The number of alkyl halides is 3. The van der Waals surface area contributed by atoms with E-state index in [2.05, 4.69) is 10.3 Å². The number of hydrogen-bond donors (Lipinski definition) is 1. The van der Waals surface area contributed by atoms with Gasteiger partial charge in [0.2, 0.25) is 5.95 Å². The average Bonchev–Trinajstić information content (AvgIpc) is 3.72. The van der Waals surface area contributed by atoms with E-state index in [1.165, 1.54) is 28.6 Å². The van der Waals surface area contributed by atoms with Crippen LogP contribution in [0, 0.1) is 0 Å². The number of carbonyl (C=O) groups is 1. The van der Waals surface area contributed by atoms with Gasteiger partial charge in [-0.1, -0.05) is 23.7 Å². The van der Waals surface area contributed by atoms with Gasteiger partial charge in [-0.2, -0.15) is 17.5 Å². The molecule has 1 aromatic carbocycles. The second kappa shape index (κ2) is 12.0. The van der Waals surface area contributed by atoms with Crippen LogP contribution in [0.4, 0.5) is 19.1 Å². The minimum Gasteiger partial charge on any atom is -0.339 e. The molecule has 0 amide bonds. The van der Waals surface area contributed by atoms with Gasteiger partial charge in [-0.25, -0.2) is 18.4 Å². The smallest absolute Gasteiger partial charge is 0.339 e. The molecule has 8 nitrogen and oxygen atoms in total. The number of carbonyl (C=O) groups excluding carboxylic acids is 1. The second-order valence-electron chi connectivity index (χ2n) is 10.1. The molecule has 2 atom stereocenters. The number of likely N-dealkylation sites (N-methyl/N-ethyl adjacent to an activating group) is 1. The standard InChI is InChI=1S/C27H29ClF3N5O3S2/c1-32-20-12-14-35(16-20)26-33-19(15-21(34-26)17-4-6-18(7-5-17)27(29,30)31)8-9-23(37)22-3-2-13-36(22)41(38,39)25-11-10-24(28)40-25/h4-7,10-11,15,20,22,32H,2-3,8-9,12-14,16H2,1H3/t20?,22-/m0/s1. The molecule has 2 saturated heterocycles. The molecule has 0 aliphatic carbocycles. The lowest BCUT2D eigenvalue weighted by Gasteiger charge is -2.22. The number of benzene rings is 1. The molecule has 2 aromatic heterocycles. The van der Waals surface area contributed by atoms with Crippen molar-refractivity contribution in [2.24, 2.45) is 0 Å². The summed E-state index contributed by atoms with van der Waals surface area (Å²) in [6.45, 7) is 1.64. The van der Waals surface area contributed by atoms with Gasteiger partial charge < -0.3 is 10.2 Å². The maximum atomic E-state index is 13.3. The fraction of sp³-hybridized carbons (Fsp3) is 0.444. The van der Waals surface area contributed by atoms with E-state index in [-0.39, 0.29) is 35.4 Å². The number of hydrogen-bond acceptors (Lipinski definition) is 8. The molecule has 41 heavy (non-hydrogen) atoms. The van der Waals surface area contributed by atoms with Gasteiger partial charge in [-0.05, 0) is 63.1 Å². The van der Waals surface area contributed by atoms with Crippen LogP contribution in [0.5, 0.6) is 0 Å². The summed E-state index contributed by atoms with van der Waals surface area (Å²) in [7, 11) is -1.97. The van der Waals surface area contributed by atoms with Crippen LogP contribution < -0.4 is 10.2 Å². The van der Waals surface area contributed by atoms with Gasteiger partial charge in [-0.15, -0.1) is 11.3 Å². The molecule has 4 heterocycles. The van der Waals surface area contributed by atoms with E-state index in [4.69, 9.17) is 16.6 Å². The predicted octanol–water partition coefficient (Wildman–Crippen LogP) is 5.03. The van der Waals surface area contributed by atoms with Gasteiger partial charge >= 0.3 is 6.18 Å². The molecule has 220 valence electrons. The monoisotopic (exact) mass is 627 g/mol. The van der Waals surface area contributed by atoms with E-state index in [0.29, 0.717) is 53.2 Å². The lowest BCUT2D eigenvalue weighted by Crippen LogP contribution is -2.40. The van der Waals surface area contributed by atoms with Crippen LogP contribution in [0.3, 0.4) is 0 Å². The Morgan fingerprint density at radius 1 is 1.12 bits per heavy atom. The fourth-order valence-electron chi connectivity index (χ4n) is 5.23. The van der Waals surface area contributed by atoms with Crippen LogP contribution in [-0.2, 0) is 27.4 Å². The number of aromatic nitrogens is 2. The maximum Gasteiger partial charge on any atom is 0.416 e. The molecule has 2 aliphatic heterocycles. The first-order chi connectivity index (χ1) is 19.5. The van der Waals surface area contributed by atoms with Crippen molar-refractivity contribution in [1.29, 1.82) is 0 Å². The Balaban J connectivity index is 1.37. The molecule has 0 radical (unpaired) electrons. The summed E-state index contributed by atoms with van der Waals surface area (Å²) in [6.07, 6.45) is -2.26. The van der Waals surface area contributed by atoms with Crippen LogP contribution in [0.2, 0.25) is 4.34 Å². The SMILES string of the molecule is CNC1CCN(c2nc(CCC(=O)[C@@H]3CCCN3S(=O)(=O)c3ccc(Cl)s3)cc(-c3ccc(C(F)(F)F)cc3)n2)C1. The lowest BCUT2D eigenvalue weighted by atomic mass is 10.0. The summed E-state index contributed by atoms with van der Waals surface area (Å²) < 4.78 is 67.4. The Morgan fingerprint density at radius 3 is 2.51 bits per heavy atom. The Bertz CT molecular complexity index is 1520. The largest absolute Gasteiger partial charge is 0.416 e. The van der Waals surface area contributed by atoms with Crippen molar-refractivity contribution in [1.82, 2.24) is 19.6 Å². The Kier molecular flexibility index (Phi) is 8.72. The zero-order chi connectivity index (χ0) is 29.4. The minimum absolute atomic E-state index is 0.0595. The molecule has 0 spiro atoms. The summed E-state index contributed by atoms with van der Waals surface area (Å²) in [4.78, 5) is 24.7. The molecule has 14 heteroatoms. The molecule has 1 unspecified atom stereocenters. The topological polar surface area (TPSA) is 95.5 Å². The third kappa shape index (κ3) is 6.59. The zero-order valence-corrected chi connectivity index (χ0v) is 24.6. The van der Waals surface area contributed by atoms with Crippen molar-refractivity contribution in [2.45, 2.75) is 54.6 Å². The van der Waals surface area contributed by atoms with Gasteiger partial charge in [-0.3, -0.25) is 4.79 Å². The summed E-state index contributed by atoms with van der Waals surface area (Å²) >= 11 is 6.91. The van der Waals surface area contributed by atoms with Crippen LogP contribution in [0.1, 0.15) is 36.9 Å². The molecular formula is C27H29ClF3N5O3S2. The van der Waals surface area contributed by atoms with Crippen LogP contribution in [0.25, 0.3) is 11.3 Å². The van der Waals surface area contributed by atoms with Gasteiger partial charge in [0.1, 0.15) is 4.21 Å². The summed E-state index contributed by atoms with van der Waals surface area (Å²) in [5, 5.41) is 3.24. The number of anilines is 1. The second-order valence-corrected chi connectivity index (χ2v) is 14.0. The third-order valence-electron chi connectivity index (χ3n) is 7.47. The average molecular weight is 628 g/mol. The van der Waals surface area contributed by atoms with E-state index in [9.17, 15) is 26.4 Å². The number of sulfonamides is 1. The van der Waals surface area contributed by atoms with Gasteiger partial charge in [0.05, 0.1) is 21.6 Å². The Hall–Kier alpha value is -2.58. The highest BCUT2D eigenvalue weighted by Crippen LogP contribution is 2.34. The van der Waals surface area contributed by atoms with Crippen LogP contribution in [-0.4, -0.2) is 67.2 Å². The predicted molar refractivity (Wildman–Crippen MR) is 152 cm³/mol. The lowest BCUT2D eigenvalue weighted by molar-refractivity contribution is -0.137. The zero-order valence-electron chi connectivity index (χ0n) is 22.2. The van der Waals surface area contributed by atoms with Crippen molar-refractivity contribution in [3.8, 4) is 11.3 Å². The first-order valence-corrected chi connectivity index (χ1v) is 15.9. The van der Waals surface area contributed by atoms with E-state index in [1.807, 2.05) is 11.9 Å². The number of nitrogens with zero attached hydrogens (tertiary/aromatic N) is 4. The van der Waals surface area contributed by atoms with Gasteiger partial charge in [0.25, 0.3) is 10.0 Å². The highest BCUT2D eigenvalue weighted by molar-refractivity contribution is 7.91. The van der Waals surface area contributed by atoms with Gasteiger partial charge in [0, 0.05) is 43.4 Å². The van der Waals surface area contributed by atoms with Crippen molar-refractivity contribution >= 4 is 44.7 Å². The molecule has 5 rings (SSSR count). The van der Waals surface area contributed by atoms with Crippen molar-refractivity contribution < 1.29 is 26.4 Å². The molecule has 2 aliphatic rings. The molecule has 2 fully saturated rings. The number of halogens is 4. The number of nitrogens with one attached hydrogen (secondary N) is 1. The number of aryl methyl sites for hydroxylation is 1. The summed E-state index contributed by atoms with van der Waals surface area (Å²) in [5.41, 5.74) is 0.766. The van der Waals surface area contributed by atoms with Crippen molar-refractivity contribution in [2.75, 3.05) is 31.6 Å². The van der Waals surface area contributed by atoms with Crippen molar-refractivity contribution in [3.63, 3.8) is 0 Å². The quantitative estimate of drug-likeness (QED) is 0.356. The molecule has 3 aromatic rings. The minimum atomic E-state index is -4.45. The molecular weight excluding hydrogens is 599 g/mol. The normalized spacial score (nSPS) is 20.2. The van der Waals surface area contributed by atoms with E-state index >= 15 is 0 Å². The van der Waals surface area contributed by atoms with E-state index in [0.717, 1.165) is 29.9 Å².